The van der Waals surface area contributed by atoms with Crippen molar-refractivity contribution >= 4 is 23.9 Å². The fourth-order valence-corrected chi connectivity index (χ4v) is 7.17. The summed E-state index contributed by atoms with van der Waals surface area (Å²) in [6.07, 6.45) is 2.78. The van der Waals surface area contributed by atoms with E-state index in [1.165, 1.54) is 65.1 Å². The van der Waals surface area contributed by atoms with Gasteiger partial charge < -0.3 is 39.8 Å². The largest absolute Gasteiger partial charge is 0.508 e. The quantitative estimate of drug-likeness (QED) is 0.287. The number of hydrogen-bond acceptors (Lipinski definition) is 12. The number of phenolic OH excluding ortho intramolecular Hbond substituents is 2. The van der Waals surface area contributed by atoms with Gasteiger partial charge in [0.25, 0.3) is 0 Å². The van der Waals surface area contributed by atoms with Gasteiger partial charge in [0, 0.05) is 24.2 Å². The highest BCUT2D eigenvalue weighted by molar-refractivity contribution is 6.00. The van der Waals surface area contributed by atoms with Crippen LogP contribution in [0.2, 0.25) is 0 Å². The Hall–Kier alpha value is -5.00. The van der Waals surface area contributed by atoms with Crippen LogP contribution in [-0.4, -0.2) is 74.6 Å². The second-order valence-corrected chi connectivity index (χ2v) is 10.3. The van der Waals surface area contributed by atoms with Gasteiger partial charge in [-0.3, -0.25) is 9.59 Å². The lowest BCUT2D eigenvalue weighted by molar-refractivity contribution is -0.212. The molecule has 1 aliphatic carbocycles. The van der Waals surface area contributed by atoms with Gasteiger partial charge in [0.1, 0.15) is 22.3 Å². The average molecular weight is 579 g/mol. The smallest absolute Gasteiger partial charge is 0.335 e. The minimum Gasteiger partial charge on any atom is -0.508 e. The maximum Gasteiger partial charge on any atom is 0.335 e. The van der Waals surface area contributed by atoms with E-state index in [1.807, 2.05) is 0 Å². The summed E-state index contributed by atoms with van der Waals surface area (Å²) in [7, 11) is 4.82. The van der Waals surface area contributed by atoms with Gasteiger partial charge in [0.2, 0.25) is 0 Å². The van der Waals surface area contributed by atoms with E-state index < -0.39 is 58.6 Å². The van der Waals surface area contributed by atoms with Crippen LogP contribution in [0, 0.1) is 10.8 Å². The molecule has 4 N–H and O–H groups in total. The second-order valence-electron chi connectivity index (χ2n) is 10.3. The zero-order chi connectivity index (χ0) is 30.4. The third-order valence-electron chi connectivity index (χ3n) is 8.67. The van der Waals surface area contributed by atoms with Crippen LogP contribution in [0.3, 0.4) is 0 Å². The summed E-state index contributed by atoms with van der Waals surface area (Å²) in [5, 5.41) is 26.2. The molecule has 3 aliphatic rings. The van der Waals surface area contributed by atoms with Gasteiger partial charge in [-0.15, -0.1) is 0 Å². The van der Waals surface area contributed by atoms with Crippen molar-refractivity contribution in [2.45, 2.75) is 23.9 Å². The average Bonchev–Trinajstić information content (AvgIpc) is 3.01. The van der Waals surface area contributed by atoms with Gasteiger partial charge in [0.05, 0.1) is 51.7 Å². The van der Waals surface area contributed by atoms with Crippen molar-refractivity contribution in [1.29, 1.82) is 0 Å². The number of aromatic hydroxyl groups is 2. The zero-order valence-corrected chi connectivity index (χ0v) is 23.2. The normalized spacial score (nSPS) is 29.0. The third kappa shape index (κ3) is 3.67. The van der Waals surface area contributed by atoms with Crippen molar-refractivity contribution in [2.24, 2.45) is 10.8 Å². The molecule has 5 rings (SSSR count). The molecule has 2 aliphatic heterocycles. The number of hydrogen-bond donors (Lipinski definition) is 4. The van der Waals surface area contributed by atoms with Crippen molar-refractivity contribution in [2.75, 3.05) is 28.4 Å². The molecule has 1 saturated carbocycles. The minimum absolute atomic E-state index is 0.0358. The lowest BCUT2D eigenvalue weighted by Gasteiger charge is -2.71. The van der Waals surface area contributed by atoms with Gasteiger partial charge in [-0.25, -0.2) is 9.59 Å². The lowest BCUT2D eigenvalue weighted by atomic mass is 9.34. The zero-order valence-electron chi connectivity index (χ0n) is 23.2. The lowest BCUT2D eigenvalue weighted by Crippen LogP contribution is -2.88. The van der Waals surface area contributed by atoms with Crippen molar-refractivity contribution < 1.29 is 48.3 Å². The standard InChI is InChI=1S/C30H30N2O10/c1-39-23(35)19-13-31-25-29(27(37)41-3,21(19)15-5-9-17(33)10-6-15)26-30(25,28(38)42-4)22(16-7-11-18(34)12-8-16)20(14-32-26)24(36)40-2/h5-14,21-22,25-26,31-34H,1-4H3. The first-order valence-corrected chi connectivity index (χ1v) is 13.0. The van der Waals surface area contributed by atoms with Crippen LogP contribution in [0.1, 0.15) is 23.0 Å². The summed E-state index contributed by atoms with van der Waals surface area (Å²) in [6, 6.07) is 9.72. The molecule has 2 aromatic rings. The molecule has 0 radical (unpaired) electrons. The van der Waals surface area contributed by atoms with E-state index in [0.717, 1.165) is 0 Å². The van der Waals surface area contributed by atoms with Gasteiger partial charge >= 0.3 is 23.9 Å². The number of carbonyl (C=O) groups is 4. The van der Waals surface area contributed by atoms with Crippen LogP contribution in [-0.2, 0) is 38.1 Å². The van der Waals surface area contributed by atoms with E-state index in [9.17, 15) is 29.4 Å². The number of fused-ring (bicyclic) bond motifs is 4. The van der Waals surface area contributed by atoms with E-state index in [0.29, 0.717) is 11.1 Å². The minimum atomic E-state index is -1.68. The summed E-state index contributed by atoms with van der Waals surface area (Å²) in [5.41, 5.74) is -2.27. The maximum atomic E-state index is 14.1. The Balaban J connectivity index is 1.85. The molecule has 0 saturated heterocycles. The Labute approximate surface area is 240 Å². The molecule has 0 unspecified atom stereocenters. The number of benzene rings is 2. The van der Waals surface area contributed by atoms with E-state index in [-0.39, 0.29) is 22.6 Å². The van der Waals surface area contributed by atoms with Crippen LogP contribution in [0.25, 0.3) is 0 Å². The third-order valence-corrected chi connectivity index (χ3v) is 8.67. The highest BCUT2D eigenvalue weighted by Gasteiger charge is 2.85. The summed E-state index contributed by atoms with van der Waals surface area (Å²) in [6.45, 7) is 0. The highest BCUT2D eigenvalue weighted by atomic mass is 16.5. The number of carbonyl (C=O) groups excluding carboxylic acids is 4. The molecular formula is C30H30N2O10. The van der Waals surface area contributed by atoms with Gasteiger partial charge in [-0.2, -0.15) is 0 Å². The monoisotopic (exact) mass is 578 g/mol. The summed E-state index contributed by atoms with van der Waals surface area (Å²) in [5.74, 6) is -5.09. The van der Waals surface area contributed by atoms with Gasteiger partial charge in [-0.05, 0) is 35.4 Å². The Kier molecular flexibility index (Phi) is 7.09. The molecule has 0 atom stereocenters. The van der Waals surface area contributed by atoms with E-state index in [1.54, 1.807) is 24.3 Å². The highest BCUT2D eigenvalue weighted by Crippen LogP contribution is 2.71. The number of methoxy groups -OCH3 is 4. The topological polar surface area (TPSA) is 170 Å². The fraction of sp³-hybridized carbons (Fsp3) is 0.333. The summed E-state index contributed by atoms with van der Waals surface area (Å²) in [4.78, 5) is 54.5. The first kappa shape index (κ1) is 28.5. The summed E-state index contributed by atoms with van der Waals surface area (Å²) >= 11 is 0. The Bertz CT molecular complexity index is 1370. The van der Waals surface area contributed by atoms with Crippen LogP contribution < -0.4 is 10.6 Å². The molecule has 2 aromatic carbocycles. The fourth-order valence-electron chi connectivity index (χ4n) is 7.17. The van der Waals surface area contributed by atoms with Crippen molar-refractivity contribution in [3.8, 4) is 11.5 Å². The molecule has 12 heteroatoms. The van der Waals surface area contributed by atoms with Gasteiger partial charge in [0.15, 0.2) is 0 Å². The number of phenols is 2. The Morgan fingerprint density at radius 2 is 0.929 bits per heavy atom. The predicted molar refractivity (Wildman–Crippen MR) is 145 cm³/mol. The molecule has 0 bridgehead atoms. The van der Waals surface area contributed by atoms with E-state index in [4.69, 9.17) is 18.9 Å². The van der Waals surface area contributed by atoms with Crippen LogP contribution in [0.5, 0.6) is 11.5 Å². The van der Waals surface area contributed by atoms with Crippen LogP contribution in [0.4, 0.5) is 0 Å². The SMILES string of the molecule is COC(=O)C1=CNC2C(C(=O)OC)(C1c1ccc(O)cc1)C1NC=C(C(=O)OC)C(c3ccc(O)cc3)C21C(=O)OC. The first-order valence-electron chi connectivity index (χ1n) is 13.0. The Morgan fingerprint density at radius 1 is 0.595 bits per heavy atom. The number of rotatable bonds is 6. The van der Waals surface area contributed by atoms with Crippen molar-refractivity contribution in [3.63, 3.8) is 0 Å². The van der Waals surface area contributed by atoms with Crippen molar-refractivity contribution in [1.82, 2.24) is 10.6 Å². The number of ether oxygens (including phenoxy) is 4. The molecule has 0 aromatic heterocycles. The van der Waals surface area contributed by atoms with E-state index in [2.05, 4.69) is 10.6 Å². The van der Waals surface area contributed by atoms with Gasteiger partial charge in [-0.1, -0.05) is 24.3 Å². The molecule has 1 fully saturated rings. The maximum absolute atomic E-state index is 14.1. The molecule has 2 heterocycles. The number of nitrogens with one attached hydrogen (secondary N) is 2. The van der Waals surface area contributed by atoms with Crippen LogP contribution >= 0.6 is 0 Å². The molecule has 12 nitrogen and oxygen atoms in total. The first-order chi connectivity index (χ1) is 20.1. The predicted octanol–water partition coefficient (Wildman–Crippen LogP) is 1.35. The second kappa shape index (κ2) is 10.4. The molecule has 0 amide bonds. The molecule has 0 spiro atoms. The van der Waals surface area contributed by atoms with Crippen LogP contribution in [0.15, 0.2) is 72.1 Å². The Morgan fingerprint density at radius 3 is 1.21 bits per heavy atom. The molecular weight excluding hydrogens is 548 g/mol. The summed E-state index contributed by atoms with van der Waals surface area (Å²) < 4.78 is 20.9. The van der Waals surface area contributed by atoms with Crippen molar-refractivity contribution in [3.05, 3.63) is 83.2 Å². The van der Waals surface area contributed by atoms with E-state index >= 15 is 0 Å². The molecule has 42 heavy (non-hydrogen) atoms. The molecule has 220 valence electrons. The number of esters is 4.